The molecule has 0 bridgehead atoms. The first-order chi connectivity index (χ1) is 11.9. The summed E-state index contributed by atoms with van der Waals surface area (Å²) in [6.45, 7) is 6.87. The molecule has 0 saturated heterocycles. The number of benzene rings is 1. The molecule has 1 atom stereocenters. The molecule has 0 radical (unpaired) electrons. The van der Waals surface area contributed by atoms with Crippen LogP contribution in [-0.2, 0) is 14.3 Å². The molecule has 0 heterocycles. The van der Waals surface area contributed by atoms with Crippen LogP contribution >= 0.6 is 0 Å². The molecule has 1 amide bonds. The van der Waals surface area contributed by atoms with Crippen LogP contribution in [0.1, 0.15) is 31.1 Å². The van der Waals surface area contributed by atoms with Crippen LogP contribution in [0.5, 0.6) is 11.5 Å². The van der Waals surface area contributed by atoms with Crippen molar-refractivity contribution in [3.63, 3.8) is 0 Å². The first kappa shape index (κ1) is 20.8. The maximum Gasteiger partial charge on any atom is 0.339 e. The van der Waals surface area contributed by atoms with Crippen molar-refractivity contribution in [3.05, 3.63) is 23.8 Å². The Bertz CT molecular complexity index is 573. The molecule has 0 aromatic heterocycles. The summed E-state index contributed by atoms with van der Waals surface area (Å²) in [7, 11) is 3.04. The molecule has 140 valence electrons. The SMILES string of the molecule is COCCNC(=O)[C@H](C)OC(=O)c1ccc(OCC(C)C)c(OC)c1. The Labute approximate surface area is 148 Å². The van der Waals surface area contributed by atoms with Gasteiger partial charge in [-0.2, -0.15) is 0 Å². The molecule has 0 unspecified atom stereocenters. The minimum atomic E-state index is -0.910. The first-order valence-electron chi connectivity index (χ1n) is 8.17. The van der Waals surface area contributed by atoms with Gasteiger partial charge in [0.2, 0.25) is 0 Å². The second-order valence-corrected chi connectivity index (χ2v) is 5.90. The van der Waals surface area contributed by atoms with Gasteiger partial charge in [-0.1, -0.05) is 13.8 Å². The van der Waals surface area contributed by atoms with Crippen LogP contribution in [0.15, 0.2) is 18.2 Å². The van der Waals surface area contributed by atoms with Gasteiger partial charge >= 0.3 is 5.97 Å². The molecule has 0 spiro atoms. The standard InChI is InChI=1S/C18H27NO6/c1-12(2)11-24-15-7-6-14(10-16(15)23-5)18(21)25-13(3)17(20)19-8-9-22-4/h6-7,10,12-13H,8-9,11H2,1-5H3,(H,19,20)/t13-/m0/s1. The summed E-state index contributed by atoms with van der Waals surface area (Å²) in [6, 6.07) is 4.77. The van der Waals surface area contributed by atoms with Gasteiger partial charge in [-0.05, 0) is 31.0 Å². The van der Waals surface area contributed by atoms with E-state index in [9.17, 15) is 9.59 Å². The summed E-state index contributed by atoms with van der Waals surface area (Å²) in [5.41, 5.74) is 0.283. The molecular formula is C18H27NO6. The van der Waals surface area contributed by atoms with Crippen molar-refractivity contribution in [1.29, 1.82) is 0 Å². The number of methoxy groups -OCH3 is 2. The van der Waals surface area contributed by atoms with E-state index in [2.05, 4.69) is 5.32 Å². The number of rotatable bonds is 10. The number of nitrogens with one attached hydrogen (secondary N) is 1. The van der Waals surface area contributed by atoms with Crippen LogP contribution in [0.25, 0.3) is 0 Å². The van der Waals surface area contributed by atoms with Crippen LogP contribution in [0.4, 0.5) is 0 Å². The lowest BCUT2D eigenvalue weighted by atomic mass is 10.2. The largest absolute Gasteiger partial charge is 0.493 e. The fraction of sp³-hybridized carbons (Fsp3) is 0.556. The van der Waals surface area contributed by atoms with Gasteiger partial charge in [0.1, 0.15) is 0 Å². The predicted molar refractivity (Wildman–Crippen MR) is 93.1 cm³/mol. The molecule has 0 saturated carbocycles. The van der Waals surface area contributed by atoms with Gasteiger partial charge < -0.3 is 24.3 Å². The van der Waals surface area contributed by atoms with Crippen LogP contribution in [0.3, 0.4) is 0 Å². The Morgan fingerprint density at radius 2 is 1.84 bits per heavy atom. The van der Waals surface area contributed by atoms with Crippen molar-refractivity contribution in [2.75, 3.05) is 34.0 Å². The van der Waals surface area contributed by atoms with E-state index in [-0.39, 0.29) is 11.5 Å². The molecule has 0 fully saturated rings. The van der Waals surface area contributed by atoms with Gasteiger partial charge in [-0.25, -0.2) is 4.79 Å². The van der Waals surface area contributed by atoms with Crippen molar-refractivity contribution in [2.24, 2.45) is 5.92 Å². The van der Waals surface area contributed by atoms with Crippen molar-refractivity contribution in [1.82, 2.24) is 5.32 Å². The fourth-order valence-electron chi connectivity index (χ4n) is 1.87. The minimum absolute atomic E-state index is 0.283. The van der Waals surface area contributed by atoms with Gasteiger partial charge in [0.05, 0.1) is 25.9 Å². The van der Waals surface area contributed by atoms with Crippen LogP contribution in [0, 0.1) is 5.92 Å². The zero-order valence-electron chi connectivity index (χ0n) is 15.5. The van der Waals surface area contributed by atoms with E-state index in [0.717, 1.165) is 0 Å². The monoisotopic (exact) mass is 353 g/mol. The molecule has 1 rings (SSSR count). The van der Waals surface area contributed by atoms with Gasteiger partial charge in [0.15, 0.2) is 17.6 Å². The summed E-state index contributed by atoms with van der Waals surface area (Å²) in [5.74, 6) is 0.370. The maximum atomic E-state index is 12.2. The normalized spacial score (nSPS) is 11.8. The number of esters is 1. The molecular weight excluding hydrogens is 326 g/mol. The number of carbonyl (C=O) groups is 2. The Morgan fingerprint density at radius 3 is 2.44 bits per heavy atom. The van der Waals surface area contributed by atoms with Gasteiger partial charge in [0.25, 0.3) is 5.91 Å². The van der Waals surface area contributed by atoms with E-state index in [0.29, 0.717) is 37.2 Å². The predicted octanol–water partition coefficient (Wildman–Crippen LogP) is 2.04. The molecule has 0 aliphatic heterocycles. The van der Waals surface area contributed by atoms with Crippen molar-refractivity contribution >= 4 is 11.9 Å². The summed E-state index contributed by atoms with van der Waals surface area (Å²) < 4.78 is 20.9. The average molecular weight is 353 g/mol. The number of ether oxygens (including phenoxy) is 4. The van der Waals surface area contributed by atoms with Crippen LogP contribution in [-0.4, -0.2) is 52.0 Å². The van der Waals surface area contributed by atoms with E-state index in [1.165, 1.54) is 27.2 Å². The number of hydrogen-bond acceptors (Lipinski definition) is 6. The zero-order chi connectivity index (χ0) is 18.8. The lowest BCUT2D eigenvalue weighted by Gasteiger charge is -2.15. The summed E-state index contributed by atoms with van der Waals surface area (Å²) >= 11 is 0. The maximum absolute atomic E-state index is 12.2. The van der Waals surface area contributed by atoms with Crippen molar-refractivity contribution in [3.8, 4) is 11.5 Å². The minimum Gasteiger partial charge on any atom is -0.493 e. The van der Waals surface area contributed by atoms with E-state index >= 15 is 0 Å². The lowest BCUT2D eigenvalue weighted by Crippen LogP contribution is -2.37. The summed E-state index contributed by atoms with van der Waals surface area (Å²) in [5, 5.41) is 2.61. The Kier molecular flexibility index (Phi) is 8.77. The summed E-state index contributed by atoms with van der Waals surface area (Å²) in [4.78, 5) is 24.0. The first-order valence-corrected chi connectivity index (χ1v) is 8.17. The highest BCUT2D eigenvalue weighted by Crippen LogP contribution is 2.28. The number of amides is 1. The fourth-order valence-corrected chi connectivity index (χ4v) is 1.87. The van der Waals surface area contributed by atoms with E-state index < -0.39 is 12.1 Å². The molecule has 25 heavy (non-hydrogen) atoms. The Morgan fingerprint density at radius 1 is 1.12 bits per heavy atom. The highest BCUT2D eigenvalue weighted by atomic mass is 16.5. The Hall–Kier alpha value is -2.28. The number of hydrogen-bond donors (Lipinski definition) is 1. The smallest absolute Gasteiger partial charge is 0.339 e. The number of carbonyl (C=O) groups excluding carboxylic acids is 2. The highest BCUT2D eigenvalue weighted by Gasteiger charge is 2.20. The molecule has 1 N–H and O–H groups in total. The molecule has 1 aromatic rings. The molecule has 0 aliphatic carbocycles. The van der Waals surface area contributed by atoms with E-state index in [4.69, 9.17) is 18.9 Å². The van der Waals surface area contributed by atoms with Crippen LogP contribution < -0.4 is 14.8 Å². The average Bonchev–Trinajstić information content (AvgIpc) is 2.59. The van der Waals surface area contributed by atoms with Gasteiger partial charge in [-0.3, -0.25) is 4.79 Å². The third-order valence-corrected chi connectivity index (χ3v) is 3.23. The highest BCUT2D eigenvalue weighted by molar-refractivity contribution is 5.92. The summed E-state index contributed by atoms with van der Waals surface area (Å²) in [6.07, 6.45) is -0.910. The van der Waals surface area contributed by atoms with Crippen LogP contribution in [0.2, 0.25) is 0 Å². The quantitative estimate of drug-likeness (QED) is 0.512. The molecule has 1 aromatic carbocycles. The second-order valence-electron chi connectivity index (χ2n) is 5.90. The molecule has 0 aliphatic rings. The topological polar surface area (TPSA) is 83.1 Å². The second kappa shape index (κ2) is 10.6. The lowest BCUT2D eigenvalue weighted by molar-refractivity contribution is -0.129. The van der Waals surface area contributed by atoms with Gasteiger partial charge in [0, 0.05) is 13.7 Å². The molecule has 7 nitrogen and oxygen atoms in total. The molecule has 7 heteroatoms. The third-order valence-electron chi connectivity index (χ3n) is 3.23. The van der Waals surface area contributed by atoms with E-state index in [1.54, 1.807) is 12.1 Å². The van der Waals surface area contributed by atoms with Crippen molar-refractivity contribution in [2.45, 2.75) is 26.9 Å². The third kappa shape index (κ3) is 7.01. The Balaban J connectivity index is 2.70. The van der Waals surface area contributed by atoms with E-state index in [1.807, 2.05) is 13.8 Å². The van der Waals surface area contributed by atoms with Gasteiger partial charge in [-0.15, -0.1) is 0 Å². The zero-order valence-corrected chi connectivity index (χ0v) is 15.5. The van der Waals surface area contributed by atoms with Crippen molar-refractivity contribution < 1.29 is 28.5 Å².